The number of ether oxygens (including phenoxy) is 3. The Balaban J connectivity index is 1.74. The first-order valence-electron chi connectivity index (χ1n) is 18.2. The molecular formula is C39H57N3O8. The summed E-state index contributed by atoms with van der Waals surface area (Å²) < 4.78 is 18.5. The Morgan fingerprint density at radius 2 is 1.90 bits per heavy atom. The highest BCUT2D eigenvalue weighted by Gasteiger charge is 2.75. The Hall–Kier alpha value is -3.54. The van der Waals surface area contributed by atoms with Crippen LogP contribution >= 0.6 is 0 Å². The summed E-state index contributed by atoms with van der Waals surface area (Å²) >= 11 is 0. The van der Waals surface area contributed by atoms with E-state index in [1.807, 2.05) is 51.1 Å². The molecule has 3 aliphatic rings. The maximum absolute atomic E-state index is 14.8. The van der Waals surface area contributed by atoms with Crippen molar-refractivity contribution in [3.05, 3.63) is 61.2 Å². The zero-order chi connectivity index (χ0) is 36.6. The van der Waals surface area contributed by atoms with Crippen molar-refractivity contribution < 1.29 is 38.5 Å². The van der Waals surface area contributed by atoms with Crippen molar-refractivity contribution in [3.8, 4) is 0 Å². The Labute approximate surface area is 297 Å². The quantitative estimate of drug-likeness (QED) is 0.152. The van der Waals surface area contributed by atoms with Gasteiger partial charge in [-0.1, -0.05) is 69.7 Å². The summed E-state index contributed by atoms with van der Waals surface area (Å²) in [6.07, 6.45) is 5.46. The monoisotopic (exact) mass is 695 g/mol. The summed E-state index contributed by atoms with van der Waals surface area (Å²) in [7, 11) is 1.51. The second-order valence-corrected chi connectivity index (χ2v) is 14.4. The van der Waals surface area contributed by atoms with Gasteiger partial charge in [0.25, 0.3) is 0 Å². The predicted octanol–water partition coefficient (Wildman–Crippen LogP) is 4.35. The minimum absolute atomic E-state index is 0.0659. The summed E-state index contributed by atoms with van der Waals surface area (Å²) in [4.78, 5) is 60.2. The highest BCUT2D eigenvalue weighted by Crippen LogP contribution is 2.59. The van der Waals surface area contributed by atoms with Gasteiger partial charge in [0.15, 0.2) is 0 Å². The summed E-state index contributed by atoms with van der Waals surface area (Å²) in [5.74, 6) is -3.35. The van der Waals surface area contributed by atoms with Crippen molar-refractivity contribution in [1.29, 1.82) is 0 Å². The summed E-state index contributed by atoms with van der Waals surface area (Å²) in [5, 5.41) is 13.6. The lowest BCUT2D eigenvalue weighted by molar-refractivity contribution is -0.163. The van der Waals surface area contributed by atoms with E-state index in [2.05, 4.69) is 25.4 Å². The third-order valence-electron chi connectivity index (χ3n) is 10.4. The number of methoxy groups -OCH3 is 1. The number of fused-ring (bicyclic) bond motifs is 1. The summed E-state index contributed by atoms with van der Waals surface area (Å²) in [6.45, 7) is 15.7. The molecule has 50 heavy (non-hydrogen) atoms. The van der Waals surface area contributed by atoms with Crippen LogP contribution in [0.15, 0.2) is 55.6 Å². The first-order chi connectivity index (χ1) is 24.0. The summed E-state index contributed by atoms with van der Waals surface area (Å²) in [5.41, 5.74) is -0.605. The Bertz CT molecular complexity index is 1350. The maximum atomic E-state index is 14.8. The molecule has 9 atom stereocenters. The molecule has 0 saturated carbocycles. The normalized spacial score (nSPS) is 26.2. The van der Waals surface area contributed by atoms with Gasteiger partial charge < -0.3 is 34.4 Å². The number of nitrogens with zero attached hydrogens (tertiary/aromatic N) is 2. The number of allylic oxidation sites excluding steroid dienone is 1. The molecule has 276 valence electrons. The van der Waals surface area contributed by atoms with Crippen LogP contribution in [0.1, 0.15) is 84.3 Å². The van der Waals surface area contributed by atoms with Crippen LogP contribution in [-0.4, -0.2) is 101 Å². The van der Waals surface area contributed by atoms with Crippen LogP contribution in [0.5, 0.6) is 0 Å². The van der Waals surface area contributed by atoms with Gasteiger partial charge in [0.05, 0.1) is 43.2 Å². The lowest BCUT2D eigenvalue weighted by atomic mass is 9.70. The number of nitrogens with one attached hydrogen (secondary N) is 1. The van der Waals surface area contributed by atoms with Crippen LogP contribution in [0.4, 0.5) is 0 Å². The number of esters is 1. The average molecular weight is 696 g/mol. The highest BCUT2D eigenvalue weighted by atomic mass is 16.6. The highest BCUT2D eigenvalue weighted by molar-refractivity contribution is 5.98. The largest absolute Gasteiger partial charge is 0.455 e. The van der Waals surface area contributed by atoms with Crippen LogP contribution in [-0.2, 0) is 33.4 Å². The molecular weight excluding hydrogens is 638 g/mol. The van der Waals surface area contributed by atoms with E-state index in [9.17, 15) is 24.3 Å². The molecule has 1 aromatic rings. The van der Waals surface area contributed by atoms with Gasteiger partial charge in [0.1, 0.15) is 17.7 Å². The van der Waals surface area contributed by atoms with Gasteiger partial charge in [-0.05, 0) is 50.5 Å². The molecule has 11 heteroatoms. The molecule has 2 N–H and O–H groups in total. The lowest BCUT2D eigenvalue weighted by Gasteiger charge is -2.41. The molecule has 4 rings (SSSR count). The third-order valence-corrected chi connectivity index (χ3v) is 10.4. The first-order valence-corrected chi connectivity index (χ1v) is 18.2. The van der Waals surface area contributed by atoms with E-state index in [0.29, 0.717) is 37.8 Å². The third kappa shape index (κ3) is 8.00. The fraction of sp³-hybridized carbons (Fsp3) is 0.641. The van der Waals surface area contributed by atoms with Crippen LogP contribution in [0, 0.1) is 17.8 Å². The lowest BCUT2D eigenvalue weighted by Crippen LogP contribution is -2.60. The van der Waals surface area contributed by atoms with Crippen LogP contribution in [0.2, 0.25) is 0 Å². The minimum Gasteiger partial charge on any atom is -0.455 e. The second kappa shape index (κ2) is 17.6. The zero-order valence-electron chi connectivity index (χ0n) is 30.4. The molecule has 3 fully saturated rings. The van der Waals surface area contributed by atoms with Crippen LogP contribution in [0.25, 0.3) is 0 Å². The van der Waals surface area contributed by atoms with E-state index in [4.69, 9.17) is 14.2 Å². The number of benzene rings is 1. The number of likely N-dealkylation sites (tertiary alicyclic amines) is 1. The van der Waals surface area contributed by atoms with Crippen molar-refractivity contribution in [2.24, 2.45) is 17.8 Å². The zero-order valence-corrected chi connectivity index (χ0v) is 30.4. The smallest absolute Gasteiger partial charge is 0.313 e. The number of carbonyl (C=O) groups is 4. The number of aliphatic hydroxyl groups is 1. The minimum atomic E-state index is -1.26. The van der Waals surface area contributed by atoms with Gasteiger partial charge in [-0.15, -0.1) is 13.2 Å². The molecule has 1 aromatic carbocycles. The number of aliphatic hydroxyl groups excluding tert-OH is 1. The topological polar surface area (TPSA) is 135 Å². The maximum Gasteiger partial charge on any atom is 0.313 e. The van der Waals surface area contributed by atoms with E-state index in [1.54, 1.807) is 17.1 Å². The van der Waals surface area contributed by atoms with Gasteiger partial charge in [-0.25, -0.2) is 0 Å². The molecule has 3 amide bonds. The second-order valence-electron chi connectivity index (χ2n) is 14.4. The Morgan fingerprint density at radius 3 is 2.50 bits per heavy atom. The molecule has 1 spiro atoms. The number of hydrogen-bond acceptors (Lipinski definition) is 8. The molecule has 1 unspecified atom stereocenters. The standard InChI is InChI=1S/C39H57N3O8/c1-8-11-18-31(44)40-29(24-48-7)34(27-16-13-12-14-17-27)49-38(47)32-30-19-20-39(50-30)33(32)36(45)42(28(23-43)22-25(4)5)35(39)37(46)41(21-10-3)26(6)15-9-2/h8,10,12-14,16-17,25-26,28-30,32-35,43H,1,3,9,11,15,18-24H2,2,4-7H3,(H,40,44)/t26?,28-,29+,30+,32-,33-,34+,35+,39-/m1/s1. The van der Waals surface area contributed by atoms with Crippen molar-refractivity contribution in [3.63, 3.8) is 0 Å². The fourth-order valence-electron chi connectivity index (χ4n) is 8.33. The molecule has 3 aliphatic heterocycles. The van der Waals surface area contributed by atoms with E-state index in [-0.39, 0.29) is 49.3 Å². The van der Waals surface area contributed by atoms with Crippen molar-refractivity contribution >= 4 is 23.7 Å². The molecule has 3 heterocycles. The Morgan fingerprint density at radius 1 is 1.18 bits per heavy atom. The van der Waals surface area contributed by atoms with Crippen LogP contribution < -0.4 is 5.32 Å². The van der Waals surface area contributed by atoms with E-state index in [1.165, 1.54) is 12.0 Å². The van der Waals surface area contributed by atoms with E-state index in [0.717, 1.165) is 12.8 Å². The molecule has 0 aliphatic carbocycles. The summed E-state index contributed by atoms with van der Waals surface area (Å²) in [6, 6.07) is 6.61. The molecule has 2 bridgehead atoms. The van der Waals surface area contributed by atoms with Crippen LogP contribution in [0.3, 0.4) is 0 Å². The van der Waals surface area contributed by atoms with Gasteiger partial charge >= 0.3 is 5.97 Å². The SMILES string of the molecule is C=CCCC(=O)N[C@@H](COC)[C@@H](OC(=O)[C@@H]1[C@@H]2CC[C@]3(O2)[C@H](C(=O)N(CC=C)C(C)CCC)N([C@@H](CO)CC(C)C)C(=O)[C@@H]13)c1ccccc1. The van der Waals surface area contributed by atoms with E-state index >= 15 is 0 Å². The number of rotatable bonds is 20. The van der Waals surface area contributed by atoms with Gasteiger partial charge in [-0.2, -0.15) is 0 Å². The number of amides is 3. The number of carbonyl (C=O) groups excluding carboxylic acids is 4. The van der Waals surface area contributed by atoms with Crippen molar-refractivity contribution in [2.45, 2.75) is 115 Å². The van der Waals surface area contributed by atoms with Gasteiger partial charge in [0, 0.05) is 26.1 Å². The number of hydrogen-bond donors (Lipinski definition) is 2. The first kappa shape index (κ1) is 39.2. The van der Waals surface area contributed by atoms with Crippen molar-refractivity contribution in [1.82, 2.24) is 15.1 Å². The van der Waals surface area contributed by atoms with Gasteiger partial charge in [-0.3, -0.25) is 19.2 Å². The molecule has 0 radical (unpaired) electrons. The molecule has 3 saturated heterocycles. The van der Waals surface area contributed by atoms with Gasteiger partial charge in [0.2, 0.25) is 17.7 Å². The Kier molecular flexibility index (Phi) is 13.8. The predicted molar refractivity (Wildman–Crippen MR) is 190 cm³/mol. The molecule has 11 nitrogen and oxygen atoms in total. The van der Waals surface area contributed by atoms with Crippen molar-refractivity contribution in [2.75, 3.05) is 26.9 Å². The average Bonchev–Trinajstić information content (AvgIpc) is 3.74. The molecule has 0 aromatic heterocycles. The fourth-order valence-corrected chi connectivity index (χ4v) is 8.33. The van der Waals surface area contributed by atoms with E-state index < -0.39 is 53.7 Å².